The zero-order chi connectivity index (χ0) is 21.2. The SMILES string of the molecule is COc1ccccc1NC(=O)CCCC(=O)OCC(=O)Nc1cc(Cl)ccc1C. The molecule has 29 heavy (non-hydrogen) atoms. The lowest BCUT2D eigenvalue weighted by molar-refractivity contribution is -0.147. The van der Waals surface area contributed by atoms with Crippen molar-refractivity contribution in [2.45, 2.75) is 26.2 Å². The first-order chi connectivity index (χ1) is 13.9. The summed E-state index contributed by atoms with van der Waals surface area (Å²) in [6.45, 7) is 1.42. The van der Waals surface area contributed by atoms with Gasteiger partial charge in [-0.25, -0.2) is 0 Å². The highest BCUT2D eigenvalue weighted by atomic mass is 35.5. The van der Waals surface area contributed by atoms with Crippen molar-refractivity contribution >= 4 is 40.8 Å². The van der Waals surface area contributed by atoms with E-state index in [4.69, 9.17) is 21.1 Å². The Morgan fingerprint density at radius 2 is 1.69 bits per heavy atom. The monoisotopic (exact) mass is 418 g/mol. The van der Waals surface area contributed by atoms with Gasteiger partial charge in [0.2, 0.25) is 5.91 Å². The fourth-order valence-corrected chi connectivity index (χ4v) is 2.66. The lowest BCUT2D eigenvalue weighted by Gasteiger charge is -2.10. The van der Waals surface area contributed by atoms with E-state index in [1.54, 1.807) is 42.5 Å². The quantitative estimate of drug-likeness (QED) is 0.601. The van der Waals surface area contributed by atoms with Crippen LogP contribution in [0.3, 0.4) is 0 Å². The van der Waals surface area contributed by atoms with E-state index in [1.807, 2.05) is 6.92 Å². The second kappa shape index (κ2) is 11.1. The molecule has 2 aromatic carbocycles. The smallest absolute Gasteiger partial charge is 0.306 e. The van der Waals surface area contributed by atoms with Gasteiger partial charge in [0.05, 0.1) is 12.8 Å². The molecule has 0 bridgehead atoms. The number of methoxy groups -OCH3 is 1. The summed E-state index contributed by atoms with van der Waals surface area (Å²) in [6.07, 6.45) is 0.471. The summed E-state index contributed by atoms with van der Waals surface area (Å²) in [5.74, 6) is -0.691. The number of anilines is 2. The molecule has 0 radical (unpaired) electrons. The van der Waals surface area contributed by atoms with Crippen LogP contribution in [0.4, 0.5) is 11.4 Å². The second-order valence-corrected chi connectivity index (χ2v) is 6.71. The molecule has 0 spiro atoms. The number of rotatable bonds is 9. The van der Waals surface area contributed by atoms with Gasteiger partial charge in [0.15, 0.2) is 6.61 Å². The molecule has 0 aliphatic carbocycles. The predicted molar refractivity (Wildman–Crippen MR) is 111 cm³/mol. The normalized spacial score (nSPS) is 10.2. The number of nitrogens with one attached hydrogen (secondary N) is 2. The summed E-state index contributed by atoms with van der Waals surface area (Å²) in [7, 11) is 1.52. The Labute approximate surface area is 174 Å². The molecule has 2 rings (SSSR count). The van der Waals surface area contributed by atoms with E-state index < -0.39 is 18.5 Å². The fraction of sp³-hybridized carbons (Fsp3) is 0.286. The third-order valence-corrected chi connectivity index (χ3v) is 4.24. The van der Waals surface area contributed by atoms with Crippen LogP contribution in [0.1, 0.15) is 24.8 Å². The summed E-state index contributed by atoms with van der Waals surface area (Å²) < 4.78 is 10.1. The number of benzene rings is 2. The molecule has 0 unspecified atom stereocenters. The number of halogens is 1. The number of hydrogen-bond acceptors (Lipinski definition) is 5. The van der Waals surface area contributed by atoms with Crippen LogP contribution in [0.15, 0.2) is 42.5 Å². The third kappa shape index (κ3) is 7.46. The van der Waals surface area contributed by atoms with Gasteiger partial charge in [0.1, 0.15) is 5.75 Å². The minimum absolute atomic E-state index is 0.0306. The average Bonchev–Trinajstić information content (AvgIpc) is 2.69. The van der Waals surface area contributed by atoms with Gasteiger partial charge >= 0.3 is 5.97 Å². The first-order valence-corrected chi connectivity index (χ1v) is 9.41. The molecule has 0 saturated carbocycles. The molecule has 0 aromatic heterocycles. The Morgan fingerprint density at radius 1 is 0.966 bits per heavy atom. The molecule has 7 nitrogen and oxygen atoms in total. The van der Waals surface area contributed by atoms with Gasteiger partial charge in [-0.05, 0) is 43.2 Å². The highest BCUT2D eigenvalue weighted by Crippen LogP contribution is 2.23. The van der Waals surface area contributed by atoms with Crippen LogP contribution >= 0.6 is 11.6 Å². The summed E-state index contributed by atoms with van der Waals surface area (Å²) >= 11 is 5.90. The van der Waals surface area contributed by atoms with Crippen LogP contribution < -0.4 is 15.4 Å². The van der Waals surface area contributed by atoms with Gasteiger partial charge < -0.3 is 20.1 Å². The van der Waals surface area contributed by atoms with E-state index in [1.165, 1.54) is 7.11 Å². The molecule has 2 amide bonds. The molecule has 8 heteroatoms. The fourth-order valence-electron chi connectivity index (χ4n) is 2.49. The molecule has 0 atom stereocenters. The highest BCUT2D eigenvalue weighted by molar-refractivity contribution is 6.31. The zero-order valence-electron chi connectivity index (χ0n) is 16.3. The van der Waals surface area contributed by atoms with E-state index >= 15 is 0 Å². The Morgan fingerprint density at radius 3 is 2.45 bits per heavy atom. The van der Waals surface area contributed by atoms with Gasteiger partial charge in [0, 0.05) is 23.6 Å². The lowest BCUT2D eigenvalue weighted by atomic mass is 10.2. The summed E-state index contributed by atoms with van der Waals surface area (Å²) in [4.78, 5) is 35.7. The summed E-state index contributed by atoms with van der Waals surface area (Å²) in [5, 5.41) is 5.87. The van der Waals surface area contributed by atoms with Crippen molar-refractivity contribution < 1.29 is 23.9 Å². The lowest BCUT2D eigenvalue weighted by Crippen LogP contribution is -2.21. The highest BCUT2D eigenvalue weighted by Gasteiger charge is 2.11. The molecular weight excluding hydrogens is 396 g/mol. The molecule has 2 N–H and O–H groups in total. The second-order valence-electron chi connectivity index (χ2n) is 6.27. The average molecular weight is 419 g/mol. The summed E-state index contributed by atoms with van der Waals surface area (Å²) in [5.41, 5.74) is 1.97. The van der Waals surface area contributed by atoms with Gasteiger partial charge in [-0.1, -0.05) is 29.8 Å². The number of ether oxygens (including phenoxy) is 2. The first-order valence-electron chi connectivity index (χ1n) is 9.03. The van der Waals surface area contributed by atoms with E-state index in [9.17, 15) is 14.4 Å². The Kier molecular flexibility index (Phi) is 8.48. The maximum Gasteiger partial charge on any atom is 0.306 e. The minimum Gasteiger partial charge on any atom is -0.495 e. The third-order valence-electron chi connectivity index (χ3n) is 4.00. The van der Waals surface area contributed by atoms with Crippen LogP contribution in [0.2, 0.25) is 5.02 Å². The number of aryl methyl sites for hydroxylation is 1. The van der Waals surface area contributed by atoms with Crippen molar-refractivity contribution in [2.75, 3.05) is 24.4 Å². The topological polar surface area (TPSA) is 93.7 Å². The van der Waals surface area contributed by atoms with Crippen LogP contribution in [0.25, 0.3) is 0 Å². The van der Waals surface area contributed by atoms with Gasteiger partial charge in [-0.2, -0.15) is 0 Å². The van der Waals surface area contributed by atoms with Crippen molar-refractivity contribution in [3.8, 4) is 5.75 Å². The number of esters is 1. The molecule has 2 aromatic rings. The molecule has 0 fully saturated rings. The van der Waals surface area contributed by atoms with Crippen LogP contribution in [0.5, 0.6) is 5.75 Å². The van der Waals surface area contributed by atoms with Crippen molar-refractivity contribution in [1.29, 1.82) is 0 Å². The Hall–Kier alpha value is -3.06. The summed E-state index contributed by atoms with van der Waals surface area (Å²) in [6, 6.07) is 12.2. The van der Waals surface area contributed by atoms with E-state index in [2.05, 4.69) is 10.6 Å². The van der Waals surface area contributed by atoms with Crippen LogP contribution in [-0.4, -0.2) is 31.5 Å². The van der Waals surface area contributed by atoms with E-state index in [-0.39, 0.29) is 18.7 Å². The number of amides is 2. The molecule has 0 aliphatic heterocycles. The van der Waals surface area contributed by atoms with Gasteiger partial charge in [0.25, 0.3) is 5.91 Å². The number of para-hydroxylation sites is 2. The molecule has 154 valence electrons. The maximum atomic E-state index is 12.0. The number of hydrogen-bond donors (Lipinski definition) is 2. The van der Waals surface area contributed by atoms with Crippen LogP contribution in [-0.2, 0) is 19.1 Å². The zero-order valence-corrected chi connectivity index (χ0v) is 17.0. The Balaban J connectivity index is 1.68. The first kappa shape index (κ1) is 22.2. The maximum absolute atomic E-state index is 12.0. The van der Waals surface area contributed by atoms with E-state index in [0.29, 0.717) is 28.6 Å². The molecule has 0 saturated heterocycles. The van der Waals surface area contributed by atoms with Crippen molar-refractivity contribution in [2.24, 2.45) is 0 Å². The molecule has 0 aliphatic rings. The van der Waals surface area contributed by atoms with Crippen molar-refractivity contribution in [1.82, 2.24) is 0 Å². The largest absolute Gasteiger partial charge is 0.495 e. The van der Waals surface area contributed by atoms with E-state index in [0.717, 1.165) is 5.56 Å². The van der Waals surface area contributed by atoms with Crippen molar-refractivity contribution in [3.05, 3.63) is 53.1 Å². The standard InChI is InChI=1S/C21H23ClN2O5/c1-14-10-11-15(22)12-17(14)24-20(26)13-29-21(27)9-5-8-19(25)23-16-6-3-4-7-18(16)28-2/h3-4,6-7,10-12H,5,8-9,13H2,1-2H3,(H,23,25)(H,24,26). The van der Waals surface area contributed by atoms with Crippen molar-refractivity contribution in [3.63, 3.8) is 0 Å². The van der Waals surface area contributed by atoms with Gasteiger partial charge in [-0.15, -0.1) is 0 Å². The Bertz CT molecular complexity index is 885. The van der Waals surface area contributed by atoms with Crippen LogP contribution in [0, 0.1) is 6.92 Å². The minimum atomic E-state index is -0.548. The predicted octanol–water partition coefficient (Wildman–Crippen LogP) is 3.95. The van der Waals surface area contributed by atoms with Gasteiger partial charge in [-0.3, -0.25) is 14.4 Å². The number of carbonyl (C=O) groups is 3. The molecular formula is C21H23ClN2O5. The molecule has 0 heterocycles. The number of carbonyl (C=O) groups excluding carboxylic acids is 3.